The molecule has 7 heteroatoms. The number of aliphatic hydroxyl groups is 1. The number of hydrogen-bond donors (Lipinski definition) is 3. The minimum absolute atomic E-state index is 0.332. The molecular weight excluding hydrogens is 344 g/mol. The normalized spacial score (nSPS) is 20.3. The third-order valence-electron chi connectivity index (χ3n) is 4.16. The van der Waals surface area contributed by atoms with Crippen molar-refractivity contribution in [1.82, 2.24) is 15.5 Å². The van der Waals surface area contributed by atoms with Crippen molar-refractivity contribution >= 4 is 28.9 Å². The standard InChI is InChI=1S/C17H29ClN4OS/c1-3-8-22-9-7-13(12-22)10-20-17(19-4-2)21-11-14(23)15-5-6-16(18)24-15/h5-6,13-14,23H,3-4,7-12H2,1-2H3,(H2,19,20,21). The van der Waals surface area contributed by atoms with Crippen LogP contribution in [-0.4, -0.2) is 55.2 Å². The predicted octanol–water partition coefficient (Wildman–Crippen LogP) is 2.72. The molecule has 2 rings (SSSR count). The maximum atomic E-state index is 10.2. The van der Waals surface area contributed by atoms with Gasteiger partial charge in [0, 0.05) is 24.5 Å². The van der Waals surface area contributed by atoms with Crippen molar-refractivity contribution in [3.63, 3.8) is 0 Å². The number of aliphatic hydroxyl groups excluding tert-OH is 1. The number of guanidine groups is 1. The van der Waals surface area contributed by atoms with E-state index >= 15 is 0 Å². The van der Waals surface area contributed by atoms with Crippen LogP contribution in [0.1, 0.15) is 37.7 Å². The van der Waals surface area contributed by atoms with Gasteiger partial charge < -0.3 is 20.6 Å². The Morgan fingerprint density at radius 2 is 2.29 bits per heavy atom. The Morgan fingerprint density at radius 3 is 2.96 bits per heavy atom. The first-order chi connectivity index (χ1) is 11.6. The average molecular weight is 373 g/mol. The smallest absolute Gasteiger partial charge is 0.191 e. The summed E-state index contributed by atoms with van der Waals surface area (Å²) < 4.78 is 0.691. The summed E-state index contributed by atoms with van der Waals surface area (Å²) in [5, 5.41) is 16.9. The molecule has 2 atom stereocenters. The molecule has 1 saturated heterocycles. The molecule has 0 saturated carbocycles. The second-order valence-corrected chi connectivity index (χ2v) is 7.96. The van der Waals surface area contributed by atoms with Crippen LogP contribution in [0.5, 0.6) is 0 Å². The molecule has 5 nitrogen and oxygen atoms in total. The van der Waals surface area contributed by atoms with E-state index in [1.807, 2.05) is 13.0 Å². The predicted molar refractivity (Wildman–Crippen MR) is 103 cm³/mol. The molecule has 0 aliphatic carbocycles. The van der Waals surface area contributed by atoms with Gasteiger partial charge in [-0.1, -0.05) is 18.5 Å². The van der Waals surface area contributed by atoms with E-state index in [0.717, 1.165) is 30.5 Å². The van der Waals surface area contributed by atoms with Crippen LogP contribution in [0.15, 0.2) is 17.1 Å². The highest BCUT2D eigenvalue weighted by Gasteiger charge is 2.21. The third kappa shape index (κ3) is 6.24. The van der Waals surface area contributed by atoms with Crippen LogP contribution in [-0.2, 0) is 0 Å². The summed E-state index contributed by atoms with van der Waals surface area (Å²) >= 11 is 7.32. The lowest BCUT2D eigenvalue weighted by Crippen LogP contribution is -2.40. The molecule has 0 radical (unpaired) electrons. The van der Waals surface area contributed by atoms with Crippen molar-refractivity contribution in [2.75, 3.05) is 39.3 Å². The highest BCUT2D eigenvalue weighted by molar-refractivity contribution is 7.16. The van der Waals surface area contributed by atoms with Gasteiger partial charge in [0.05, 0.1) is 10.9 Å². The van der Waals surface area contributed by atoms with Crippen LogP contribution >= 0.6 is 22.9 Å². The van der Waals surface area contributed by atoms with Crippen molar-refractivity contribution in [1.29, 1.82) is 0 Å². The molecule has 0 spiro atoms. The van der Waals surface area contributed by atoms with Crippen molar-refractivity contribution in [3.05, 3.63) is 21.3 Å². The molecule has 1 aromatic rings. The fourth-order valence-corrected chi connectivity index (χ4v) is 3.99. The first kappa shape index (κ1) is 19.5. The van der Waals surface area contributed by atoms with Crippen LogP contribution in [0, 0.1) is 5.92 Å². The molecule has 24 heavy (non-hydrogen) atoms. The van der Waals surface area contributed by atoms with Gasteiger partial charge in [-0.3, -0.25) is 4.99 Å². The first-order valence-corrected chi connectivity index (χ1v) is 9.99. The van der Waals surface area contributed by atoms with E-state index in [4.69, 9.17) is 11.6 Å². The zero-order valence-electron chi connectivity index (χ0n) is 14.6. The Bertz CT molecular complexity index is 522. The van der Waals surface area contributed by atoms with Crippen LogP contribution in [0.25, 0.3) is 0 Å². The van der Waals surface area contributed by atoms with E-state index in [0.29, 0.717) is 16.8 Å². The zero-order chi connectivity index (χ0) is 17.4. The quantitative estimate of drug-likeness (QED) is 0.485. The molecule has 1 aliphatic rings. The summed E-state index contributed by atoms with van der Waals surface area (Å²) in [6.07, 6.45) is 1.85. The molecule has 2 heterocycles. The molecule has 136 valence electrons. The van der Waals surface area contributed by atoms with Crippen LogP contribution in [0.2, 0.25) is 4.34 Å². The second-order valence-electron chi connectivity index (χ2n) is 6.21. The lowest BCUT2D eigenvalue weighted by molar-refractivity contribution is 0.191. The highest BCUT2D eigenvalue weighted by Crippen LogP contribution is 2.26. The molecular formula is C17H29ClN4OS. The topological polar surface area (TPSA) is 59.9 Å². The summed E-state index contributed by atoms with van der Waals surface area (Å²) in [6.45, 7) is 9.90. The third-order valence-corrected chi connectivity index (χ3v) is 5.49. The van der Waals surface area contributed by atoms with Gasteiger partial charge in [0.25, 0.3) is 0 Å². The summed E-state index contributed by atoms with van der Waals surface area (Å²) in [5.74, 6) is 1.44. The Kier molecular flexibility index (Phi) is 8.32. The Balaban J connectivity index is 1.80. The van der Waals surface area contributed by atoms with E-state index < -0.39 is 6.10 Å². The fourth-order valence-electron chi connectivity index (χ4n) is 2.96. The number of halogens is 1. The summed E-state index contributed by atoms with van der Waals surface area (Å²) in [4.78, 5) is 7.89. The lowest BCUT2D eigenvalue weighted by Gasteiger charge is -2.17. The van der Waals surface area contributed by atoms with Crippen LogP contribution in [0.4, 0.5) is 0 Å². The lowest BCUT2D eigenvalue weighted by atomic mass is 10.1. The fraction of sp³-hybridized carbons (Fsp3) is 0.706. The Labute approximate surface area is 154 Å². The van der Waals surface area contributed by atoms with E-state index in [1.54, 1.807) is 6.07 Å². The Hall–Kier alpha value is -0.820. The highest BCUT2D eigenvalue weighted by atomic mass is 35.5. The number of nitrogens with one attached hydrogen (secondary N) is 2. The van der Waals surface area contributed by atoms with Gasteiger partial charge in [0.1, 0.15) is 6.10 Å². The molecule has 1 fully saturated rings. The van der Waals surface area contributed by atoms with Gasteiger partial charge in [0.2, 0.25) is 0 Å². The summed E-state index contributed by atoms with van der Waals surface area (Å²) in [7, 11) is 0. The molecule has 1 aromatic heterocycles. The molecule has 3 N–H and O–H groups in total. The molecule has 1 aliphatic heterocycles. The second kappa shape index (κ2) is 10.2. The minimum atomic E-state index is -0.607. The number of aliphatic imine (C=N–C) groups is 1. The monoisotopic (exact) mass is 372 g/mol. The van der Waals surface area contributed by atoms with Gasteiger partial charge in [-0.25, -0.2) is 0 Å². The van der Waals surface area contributed by atoms with Gasteiger partial charge in [-0.15, -0.1) is 11.3 Å². The van der Waals surface area contributed by atoms with Gasteiger partial charge in [0.15, 0.2) is 5.96 Å². The largest absolute Gasteiger partial charge is 0.386 e. The molecule has 0 amide bonds. The first-order valence-electron chi connectivity index (χ1n) is 8.80. The SMILES string of the molecule is CCCN1CCC(CNC(=NCC(O)c2ccc(Cl)s2)NCC)C1. The Morgan fingerprint density at radius 1 is 1.46 bits per heavy atom. The zero-order valence-corrected chi connectivity index (χ0v) is 16.2. The number of rotatable bonds is 8. The van der Waals surface area contributed by atoms with Crippen molar-refractivity contribution < 1.29 is 5.11 Å². The van der Waals surface area contributed by atoms with Crippen molar-refractivity contribution in [2.45, 2.75) is 32.8 Å². The molecule has 2 unspecified atom stereocenters. The van der Waals surface area contributed by atoms with Crippen molar-refractivity contribution in [3.8, 4) is 0 Å². The molecule has 0 bridgehead atoms. The van der Waals surface area contributed by atoms with Crippen LogP contribution in [0.3, 0.4) is 0 Å². The van der Waals surface area contributed by atoms with E-state index in [-0.39, 0.29) is 0 Å². The number of likely N-dealkylation sites (tertiary alicyclic amines) is 1. The maximum absolute atomic E-state index is 10.2. The molecule has 0 aromatic carbocycles. The number of nitrogens with zero attached hydrogens (tertiary/aromatic N) is 2. The van der Waals surface area contributed by atoms with Crippen molar-refractivity contribution in [2.24, 2.45) is 10.9 Å². The summed E-state index contributed by atoms with van der Waals surface area (Å²) in [5.41, 5.74) is 0. The number of hydrogen-bond acceptors (Lipinski definition) is 4. The van der Waals surface area contributed by atoms with Gasteiger partial charge in [-0.05, 0) is 50.9 Å². The maximum Gasteiger partial charge on any atom is 0.191 e. The van der Waals surface area contributed by atoms with Crippen LogP contribution < -0.4 is 10.6 Å². The average Bonchev–Trinajstić information content (AvgIpc) is 3.19. The van der Waals surface area contributed by atoms with E-state index in [9.17, 15) is 5.11 Å². The summed E-state index contributed by atoms with van der Waals surface area (Å²) in [6, 6.07) is 3.66. The van der Waals surface area contributed by atoms with E-state index in [1.165, 1.54) is 37.3 Å². The van der Waals surface area contributed by atoms with Gasteiger partial charge >= 0.3 is 0 Å². The number of thiophene rings is 1. The van der Waals surface area contributed by atoms with Gasteiger partial charge in [-0.2, -0.15) is 0 Å². The van der Waals surface area contributed by atoms with E-state index in [2.05, 4.69) is 27.4 Å². The minimum Gasteiger partial charge on any atom is -0.386 e.